The van der Waals surface area contributed by atoms with E-state index >= 15 is 0 Å². The molecule has 2 fully saturated rings. The van der Waals surface area contributed by atoms with Gasteiger partial charge in [-0.2, -0.15) is 0 Å². The van der Waals surface area contributed by atoms with E-state index < -0.39 is 29.4 Å². The highest BCUT2D eigenvalue weighted by atomic mass is 16.5. The average molecular weight is 346 g/mol. The minimum atomic E-state index is -1.25. The van der Waals surface area contributed by atoms with Gasteiger partial charge in [-0.1, -0.05) is 12.1 Å². The lowest BCUT2D eigenvalue weighted by Gasteiger charge is -2.28. The monoisotopic (exact) mass is 346 g/mol. The second kappa shape index (κ2) is 6.15. The average Bonchev–Trinajstić information content (AvgIpc) is 3.05. The smallest absolute Gasteiger partial charge is 0.326 e. The molecule has 0 aliphatic carbocycles. The van der Waals surface area contributed by atoms with Crippen molar-refractivity contribution in [1.29, 1.82) is 0 Å². The van der Waals surface area contributed by atoms with Gasteiger partial charge in [-0.05, 0) is 31.5 Å². The highest BCUT2D eigenvalue weighted by Gasteiger charge is 2.66. The second-order valence-corrected chi connectivity index (χ2v) is 6.56. The predicted octanol–water partition coefficient (Wildman–Crippen LogP) is 0.892. The molecule has 0 saturated carbocycles. The molecule has 4 atom stereocenters. The van der Waals surface area contributed by atoms with E-state index in [1.165, 1.54) is 7.05 Å². The molecule has 2 saturated heterocycles. The van der Waals surface area contributed by atoms with E-state index in [0.717, 1.165) is 10.5 Å². The van der Waals surface area contributed by atoms with Gasteiger partial charge in [-0.15, -0.1) is 0 Å². The number of ether oxygens (including phenoxy) is 2. The Morgan fingerprint density at radius 2 is 1.88 bits per heavy atom. The molecule has 0 radical (unpaired) electrons. The number of esters is 1. The number of amides is 2. The highest BCUT2D eigenvalue weighted by Crippen LogP contribution is 2.48. The molecule has 134 valence electrons. The molecule has 2 aliphatic rings. The molecule has 1 aromatic rings. The number of imide groups is 1. The Morgan fingerprint density at radius 1 is 1.24 bits per heavy atom. The van der Waals surface area contributed by atoms with E-state index in [1.54, 1.807) is 33.1 Å². The summed E-state index contributed by atoms with van der Waals surface area (Å²) in [4.78, 5) is 39.0. The molecule has 1 N–H and O–H groups in total. The number of carbonyl (C=O) groups excluding carboxylic acids is 3. The number of benzene rings is 1. The van der Waals surface area contributed by atoms with Crippen LogP contribution in [-0.4, -0.2) is 49.0 Å². The fraction of sp³-hybridized carbons (Fsp3) is 0.500. The van der Waals surface area contributed by atoms with Crippen LogP contribution in [0.1, 0.15) is 25.5 Å². The molecule has 0 unspecified atom stereocenters. The van der Waals surface area contributed by atoms with Crippen LogP contribution in [0.3, 0.4) is 0 Å². The van der Waals surface area contributed by atoms with Crippen LogP contribution < -0.4 is 10.1 Å². The number of methoxy groups -OCH3 is 1. The molecule has 0 aromatic heterocycles. The Bertz CT molecular complexity index is 717. The first-order chi connectivity index (χ1) is 11.8. The van der Waals surface area contributed by atoms with Gasteiger partial charge in [0.15, 0.2) is 0 Å². The standard InChI is InChI=1S/C18H22N2O5/c1-5-25-17(23)18(2)13-12(15(21)20(3)16(13)22)14(19-18)10-6-8-11(24-4)9-7-10/h6-9,12-14,19H,5H2,1-4H3/t12-,13+,14-,18-/m1/s1. The predicted molar refractivity (Wildman–Crippen MR) is 88.7 cm³/mol. The van der Waals surface area contributed by atoms with Crippen LogP contribution in [0.2, 0.25) is 0 Å². The highest BCUT2D eigenvalue weighted by molar-refractivity contribution is 6.09. The third kappa shape index (κ3) is 2.50. The third-order valence-corrected chi connectivity index (χ3v) is 5.18. The van der Waals surface area contributed by atoms with Crippen LogP contribution >= 0.6 is 0 Å². The normalized spacial score (nSPS) is 31.2. The molecule has 0 spiro atoms. The van der Waals surface area contributed by atoms with Gasteiger partial charge in [0.1, 0.15) is 11.3 Å². The second-order valence-electron chi connectivity index (χ2n) is 6.56. The maximum Gasteiger partial charge on any atom is 0.326 e. The zero-order chi connectivity index (χ0) is 18.4. The third-order valence-electron chi connectivity index (χ3n) is 5.18. The molecule has 7 nitrogen and oxygen atoms in total. The molecule has 0 bridgehead atoms. The minimum absolute atomic E-state index is 0.207. The van der Waals surface area contributed by atoms with Crippen LogP contribution in [0, 0.1) is 11.8 Å². The molecule has 7 heteroatoms. The number of fused-ring (bicyclic) bond motifs is 1. The van der Waals surface area contributed by atoms with Crippen molar-refractivity contribution in [3.05, 3.63) is 29.8 Å². The van der Waals surface area contributed by atoms with Crippen molar-refractivity contribution in [2.75, 3.05) is 20.8 Å². The van der Waals surface area contributed by atoms with E-state index in [-0.39, 0.29) is 18.4 Å². The first-order valence-electron chi connectivity index (χ1n) is 8.25. The zero-order valence-electron chi connectivity index (χ0n) is 14.7. The van der Waals surface area contributed by atoms with Crippen molar-refractivity contribution in [2.45, 2.75) is 25.4 Å². The van der Waals surface area contributed by atoms with Crippen LogP contribution in [0.15, 0.2) is 24.3 Å². The van der Waals surface area contributed by atoms with Crippen molar-refractivity contribution in [2.24, 2.45) is 11.8 Å². The number of hydrogen-bond acceptors (Lipinski definition) is 6. The number of nitrogens with one attached hydrogen (secondary N) is 1. The fourth-order valence-electron chi connectivity index (χ4n) is 3.85. The Kier molecular flexibility index (Phi) is 4.28. The Labute approximate surface area is 146 Å². The Balaban J connectivity index is 2.03. The molecular formula is C18H22N2O5. The van der Waals surface area contributed by atoms with Crippen molar-refractivity contribution in [3.8, 4) is 5.75 Å². The van der Waals surface area contributed by atoms with E-state index in [2.05, 4.69) is 5.32 Å². The Hall–Kier alpha value is -2.41. The summed E-state index contributed by atoms with van der Waals surface area (Å²) < 4.78 is 10.3. The molecule has 1 aromatic carbocycles. The maximum absolute atomic E-state index is 12.7. The van der Waals surface area contributed by atoms with Crippen LogP contribution in [0.25, 0.3) is 0 Å². The Morgan fingerprint density at radius 3 is 2.44 bits per heavy atom. The fourth-order valence-corrected chi connectivity index (χ4v) is 3.85. The summed E-state index contributed by atoms with van der Waals surface area (Å²) >= 11 is 0. The van der Waals surface area contributed by atoms with E-state index in [9.17, 15) is 14.4 Å². The number of hydrogen-bond donors (Lipinski definition) is 1. The quantitative estimate of drug-likeness (QED) is 0.644. The summed E-state index contributed by atoms with van der Waals surface area (Å²) in [5, 5.41) is 3.21. The molecule has 2 heterocycles. The van der Waals surface area contributed by atoms with Gasteiger partial charge in [-0.3, -0.25) is 24.6 Å². The van der Waals surface area contributed by atoms with Gasteiger partial charge >= 0.3 is 5.97 Å². The van der Waals surface area contributed by atoms with E-state index in [1.807, 2.05) is 12.1 Å². The lowest BCUT2D eigenvalue weighted by Crippen LogP contribution is -2.53. The van der Waals surface area contributed by atoms with Crippen molar-refractivity contribution in [1.82, 2.24) is 10.2 Å². The molecular weight excluding hydrogens is 324 g/mol. The van der Waals surface area contributed by atoms with Crippen molar-refractivity contribution >= 4 is 17.8 Å². The maximum atomic E-state index is 12.7. The molecule has 2 aliphatic heterocycles. The summed E-state index contributed by atoms with van der Waals surface area (Å²) in [6.07, 6.45) is 0. The van der Waals surface area contributed by atoms with Gasteiger partial charge < -0.3 is 9.47 Å². The van der Waals surface area contributed by atoms with Crippen LogP contribution in [-0.2, 0) is 19.1 Å². The van der Waals surface area contributed by atoms with Gasteiger partial charge in [0.2, 0.25) is 11.8 Å². The van der Waals surface area contributed by atoms with Crippen LogP contribution in [0.4, 0.5) is 0 Å². The first kappa shape index (κ1) is 17.4. The van der Waals surface area contributed by atoms with Crippen molar-refractivity contribution in [3.63, 3.8) is 0 Å². The lowest BCUT2D eigenvalue weighted by atomic mass is 9.80. The SMILES string of the molecule is CCOC(=O)[C@]1(C)N[C@H](c2ccc(OC)cc2)[C@@H]2C(=O)N(C)C(=O)[C@H]21. The minimum Gasteiger partial charge on any atom is -0.497 e. The van der Waals surface area contributed by atoms with Gasteiger partial charge in [0.05, 0.1) is 25.6 Å². The van der Waals surface area contributed by atoms with Gasteiger partial charge in [0, 0.05) is 13.1 Å². The first-order valence-corrected chi connectivity index (χ1v) is 8.25. The topological polar surface area (TPSA) is 84.9 Å². The summed E-state index contributed by atoms with van der Waals surface area (Å²) in [6, 6.07) is 6.79. The number of nitrogens with zero attached hydrogens (tertiary/aromatic N) is 1. The number of carbonyl (C=O) groups is 3. The van der Waals surface area contributed by atoms with Crippen LogP contribution in [0.5, 0.6) is 5.75 Å². The number of rotatable bonds is 4. The number of likely N-dealkylation sites (tertiary alicyclic amines) is 1. The van der Waals surface area contributed by atoms with E-state index in [0.29, 0.717) is 5.75 Å². The molecule has 25 heavy (non-hydrogen) atoms. The summed E-state index contributed by atoms with van der Waals surface area (Å²) in [6.45, 7) is 3.55. The molecule has 3 rings (SSSR count). The zero-order valence-corrected chi connectivity index (χ0v) is 14.7. The largest absolute Gasteiger partial charge is 0.497 e. The summed E-state index contributed by atoms with van der Waals surface area (Å²) in [5.41, 5.74) is -0.428. The molecule has 2 amide bonds. The summed E-state index contributed by atoms with van der Waals surface area (Å²) in [7, 11) is 3.03. The van der Waals surface area contributed by atoms with Gasteiger partial charge in [-0.25, -0.2) is 0 Å². The summed E-state index contributed by atoms with van der Waals surface area (Å²) in [5.74, 6) is -1.88. The van der Waals surface area contributed by atoms with E-state index in [4.69, 9.17) is 9.47 Å². The van der Waals surface area contributed by atoms with Crippen molar-refractivity contribution < 1.29 is 23.9 Å². The lowest BCUT2D eigenvalue weighted by molar-refractivity contribution is -0.155. The van der Waals surface area contributed by atoms with Gasteiger partial charge in [0.25, 0.3) is 0 Å².